The molecule has 464 valence electrons. The smallest absolute Gasteiger partial charge is 0.220 e. The van der Waals surface area contributed by atoms with E-state index >= 15 is 0 Å². The van der Waals surface area contributed by atoms with Crippen LogP contribution in [0.4, 0.5) is 0 Å². The van der Waals surface area contributed by atoms with Crippen molar-refractivity contribution in [3.8, 4) is 0 Å². The van der Waals surface area contributed by atoms with Gasteiger partial charge in [0.15, 0.2) is 0 Å². The Morgan fingerprint density at radius 1 is 0.312 bits per heavy atom. The van der Waals surface area contributed by atoms with Crippen LogP contribution in [0.25, 0.3) is 0 Å². The van der Waals surface area contributed by atoms with Gasteiger partial charge in [0.1, 0.15) is 0 Å². The second kappa shape index (κ2) is 70.6. The number of hydrogen-bond acceptors (Lipinski definition) is 3. The van der Waals surface area contributed by atoms with Gasteiger partial charge in [-0.2, -0.15) is 0 Å². The van der Waals surface area contributed by atoms with Crippen molar-refractivity contribution in [1.29, 1.82) is 0 Å². The van der Waals surface area contributed by atoms with E-state index < -0.39 is 12.1 Å². The van der Waals surface area contributed by atoms with Crippen molar-refractivity contribution in [2.75, 3.05) is 6.61 Å². The SMILES string of the molecule is CC/C=C\C/C=C\C/C=C\C/C=C\C/C=C\CCCCCCCCCCCCCCCCCCCCCCCC(=O)NC(CO)C(O)/C=C/CC/C=C/CC/C=C/CCCCCCCCCCCCCCCCCCCCCCC. The lowest BCUT2D eigenvalue weighted by molar-refractivity contribution is -0.123. The van der Waals surface area contributed by atoms with Gasteiger partial charge < -0.3 is 15.5 Å². The number of hydrogen-bond donors (Lipinski definition) is 3. The number of rotatable bonds is 65. The minimum absolute atomic E-state index is 0.0741. The van der Waals surface area contributed by atoms with Gasteiger partial charge in [-0.15, -0.1) is 0 Å². The number of carbonyl (C=O) groups is 1. The summed E-state index contributed by atoms with van der Waals surface area (Å²) in [4.78, 5) is 12.5. The maximum absolute atomic E-state index is 12.5. The molecule has 0 aromatic carbocycles. The summed E-state index contributed by atoms with van der Waals surface area (Å²) in [5.41, 5.74) is 0. The molecular formula is C76H137NO3. The molecule has 0 heterocycles. The third-order valence-corrected chi connectivity index (χ3v) is 16.0. The summed E-state index contributed by atoms with van der Waals surface area (Å²) < 4.78 is 0. The molecule has 0 radical (unpaired) electrons. The van der Waals surface area contributed by atoms with Crippen LogP contribution in [0.1, 0.15) is 361 Å². The van der Waals surface area contributed by atoms with Crippen molar-refractivity contribution in [1.82, 2.24) is 5.32 Å². The van der Waals surface area contributed by atoms with Crippen LogP contribution < -0.4 is 5.32 Å². The largest absolute Gasteiger partial charge is 0.394 e. The average Bonchev–Trinajstić information content (AvgIpc) is 3.46. The van der Waals surface area contributed by atoms with Gasteiger partial charge in [-0.25, -0.2) is 0 Å². The van der Waals surface area contributed by atoms with Crippen molar-refractivity contribution in [3.63, 3.8) is 0 Å². The number of carbonyl (C=O) groups excluding carboxylic acids is 1. The van der Waals surface area contributed by atoms with E-state index in [4.69, 9.17) is 0 Å². The minimum atomic E-state index is -0.875. The molecule has 0 rings (SSSR count). The lowest BCUT2D eigenvalue weighted by atomic mass is 10.0. The van der Waals surface area contributed by atoms with E-state index in [0.717, 1.165) is 70.6 Å². The first kappa shape index (κ1) is 77.3. The van der Waals surface area contributed by atoms with Gasteiger partial charge in [0.05, 0.1) is 18.8 Å². The Morgan fingerprint density at radius 3 is 0.875 bits per heavy atom. The molecule has 3 N–H and O–H groups in total. The van der Waals surface area contributed by atoms with Gasteiger partial charge in [-0.3, -0.25) is 4.79 Å². The Balaban J connectivity index is 3.49. The predicted molar refractivity (Wildman–Crippen MR) is 359 cm³/mol. The molecule has 0 aliphatic rings. The van der Waals surface area contributed by atoms with Crippen LogP contribution in [-0.2, 0) is 4.79 Å². The molecule has 80 heavy (non-hydrogen) atoms. The zero-order valence-electron chi connectivity index (χ0n) is 53.6. The Kier molecular flexibility index (Phi) is 68.2. The Bertz CT molecular complexity index is 1450. The summed E-state index contributed by atoms with van der Waals surface area (Å²) in [6, 6.07) is -0.651. The summed E-state index contributed by atoms with van der Waals surface area (Å²) >= 11 is 0. The highest BCUT2D eigenvalue weighted by Gasteiger charge is 2.18. The lowest BCUT2D eigenvalue weighted by Gasteiger charge is -2.19. The number of amides is 1. The average molecular weight is 1110 g/mol. The van der Waals surface area contributed by atoms with E-state index in [0.29, 0.717) is 6.42 Å². The van der Waals surface area contributed by atoms with Gasteiger partial charge in [-0.05, 0) is 89.9 Å². The van der Waals surface area contributed by atoms with Crippen LogP contribution >= 0.6 is 0 Å². The molecule has 0 aliphatic heterocycles. The van der Waals surface area contributed by atoms with Crippen molar-refractivity contribution in [3.05, 3.63) is 97.2 Å². The van der Waals surface area contributed by atoms with Crippen LogP contribution in [0.2, 0.25) is 0 Å². The predicted octanol–water partition coefficient (Wildman–Crippen LogP) is 24.4. The molecule has 0 bridgehead atoms. The zero-order valence-corrected chi connectivity index (χ0v) is 53.6. The molecule has 0 fully saturated rings. The highest BCUT2D eigenvalue weighted by Crippen LogP contribution is 2.18. The fourth-order valence-electron chi connectivity index (χ4n) is 10.7. The van der Waals surface area contributed by atoms with Gasteiger partial charge in [0.2, 0.25) is 5.91 Å². The van der Waals surface area contributed by atoms with Crippen molar-refractivity contribution in [2.45, 2.75) is 373 Å². The normalized spacial score (nSPS) is 13.3. The standard InChI is InChI=1S/C76H137NO3/c1-3-5-7-9-11-13-15-17-19-21-23-25-27-29-31-33-35-36-37-38-39-40-42-44-46-48-50-52-54-56-58-60-62-64-66-68-70-72-76(80)77-74(73-78)75(79)71-69-67-65-63-61-59-57-55-53-51-49-47-45-43-41-34-32-30-28-26-24-22-20-18-16-14-12-10-8-6-4-2/h5,7,11,13,17,19,23,25,29,31,53,55,61,63,69,71,74-75,78-79H,3-4,6,8-10,12,14-16,18,20-22,24,26-28,30,32-52,54,56-60,62,64-68,70,72-73H2,1-2H3,(H,77,80)/b7-5-,13-11-,19-17-,25-23-,31-29-,55-53+,63-61+,71-69+. The molecule has 0 aromatic heterocycles. The first-order valence-corrected chi connectivity index (χ1v) is 35.5. The summed E-state index contributed by atoms with van der Waals surface area (Å²) in [7, 11) is 0. The van der Waals surface area contributed by atoms with Gasteiger partial charge in [-0.1, -0.05) is 361 Å². The first-order chi connectivity index (χ1) is 39.7. The molecule has 2 atom stereocenters. The summed E-state index contributed by atoms with van der Waals surface area (Å²) in [5.74, 6) is -0.0741. The molecule has 2 unspecified atom stereocenters. The van der Waals surface area contributed by atoms with Gasteiger partial charge in [0, 0.05) is 6.42 Å². The monoisotopic (exact) mass is 1110 g/mol. The second-order valence-electron chi connectivity index (χ2n) is 23.9. The fourth-order valence-corrected chi connectivity index (χ4v) is 10.7. The van der Waals surface area contributed by atoms with Crippen molar-refractivity contribution < 1.29 is 15.0 Å². The second-order valence-corrected chi connectivity index (χ2v) is 23.9. The highest BCUT2D eigenvalue weighted by molar-refractivity contribution is 5.76. The number of aliphatic hydroxyl groups excluding tert-OH is 2. The maximum atomic E-state index is 12.5. The number of allylic oxidation sites excluding steroid dienone is 15. The van der Waals surface area contributed by atoms with E-state index in [9.17, 15) is 15.0 Å². The number of nitrogens with one attached hydrogen (secondary N) is 1. The van der Waals surface area contributed by atoms with Crippen LogP contribution in [0.3, 0.4) is 0 Å². The molecule has 0 saturated heterocycles. The topological polar surface area (TPSA) is 69.6 Å². The molecule has 0 aliphatic carbocycles. The van der Waals surface area contributed by atoms with Crippen LogP contribution in [0.5, 0.6) is 0 Å². The van der Waals surface area contributed by atoms with Crippen LogP contribution in [-0.4, -0.2) is 34.9 Å². The van der Waals surface area contributed by atoms with Crippen LogP contribution in [0, 0.1) is 0 Å². The third-order valence-electron chi connectivity index (χ3n) is 16.0. The van der Waals surface area contributed by atoms with E-state index in [1.54, 1.807) is 6.08 Å². The first-order valence-electron chi connectivity index (χ1n) is 35.5. The van der Waals surface area contributed by atoms with Gasteiger partial charge >= 0.3 is 0 Å². The zero-order chi connectivity index (χ0) is 57.6. The van der Waals surface area contributed by atoms with E-state index in [1.807, 2.05) is 6.08 Å². The van der Waals surface area contributed by atoms with Gasteiger partial charge in [0.25, 0.3) is 0 Å². The van der Waals surface area contributed by atoms with E-state index in [-0.39, 0.29) is 12.5 Å². The highest BCUT2D eigenvalue weighted by atomic mass is 16.3. The van der Waals surface area contributed by atoms with E-state index in [1.165, 1.54) is 270 Å². The quantitative estimate of drug-likeness (QED) is 0.0420. The van der Waals surface area contributed by atoms with E-state index in [2.05, 4.69) is 104 Å². The fraction of sp³-hybridized carbons (Fsp3) is 0.776. The Hall–Kier alpha value is -2.69. The maximum Gasteiger partial charge on any atom is 0.220 e. The summed E-state index contributed by atoms with van der Waals surface area (Å²) in [6.45, 7) is 4.21. The molecule has 1 amide bonds. The Labute approximate surface area is 500 Å². The number of unbranched alkanes of at least 4 members (excludes halogenated alkanes) is 44. The molecule has 0 saturated carbocycles. The molecule has 0 aromatic rings. The summed E-state index contributed by atoms with van der Waals surface area (Å²) in [5, 5.41) is 23.3. The summed E-state index contributed by atoms with van der Waals surface area (Å²) in [6.07, 6.45) is 105. The lowest BCUT2D eigenvalue weighted by Crippen LogP contribution is -2.45. The van der Waals surface area contributed by atoms with Crippen molar-refractivity contribution >= 4 is 5.91 Å². The molecular weight excluding hydrogens is 975 g/mol. The minimum Gasteiger partial charge on any atom is -0.394 e. The third kappa shape index (κ3) is 66.1. The molecule has 0 spiro atoms. The molecule has 4 heteroatoms. The van der Waals surface area contributed by atoms with Crippen molar-refractivity contribution in [2.24, 2.45) is 0 Å². The number of aliphatic hydroxyl groups is 2. The Morgan fingerprint density at radius 2 is 0.562 bits per heavy atom. The van der Waals surface area contributed by atoms with Crippen LogP contribution in [0.15, 0.2) is 97.2 Å². The molecule has 4 nitrogen and oxygen atoms in total.